The Labute approximate surface area is 193 Å². The van der Waals surface area contributed by atoms with Crippen LogP contribution in [-0.4, -0.2) is 11.2 Å². The molecule has 0 aromatic carbocycles. The number of aliphatic hydroxyl groups excluding tert-OH is 1. The van der Waals surface area contributed by atoms with Crippen LogP contribution >= 0.6 is 0 Å². The Morgan fingerprint density at radius 1 is 1.10 bits per heavy atom. The third-order valence-corrected chi connectivity index (χ3v) is 10.9. The molecular weight excluding hydrogens is 376 g/mol. The first-order chi connectivity index (χ1) is 14.7. The van der Waals surface area contributed by atoms with Crippen molar-refractivity contribution in [2.24, 2.45) is 46.3 Å². The van der Waals surface area contributed by atoms with Crippen LogP contribution < -0.4 is 0 Å². The molecule has 3 saturated carbocycles. The number of allylic oxidation sites excluding steroid dienone is 3. The molecule has 1 N–H and O–H groups in total. The van der Waals surface area contributed by atoms with E-state index in [9.17, 15) is 5.11 Å². The molecule has 0 unspecified atom stereocenters. The third-order valence-electron chi connectivity index (χ3n) is 10.9. The Kier molecular flexibility index (Phi) is 6.85. The molecule has 4 aliphatic rings. The molecule has 0 saturated heterocycles. The van der Waals surface area contributed by atoms with Crippen LogP contribution in [0, 0.1) is 46.3 Å². The lowest BCUT2D eigenvalue weighted by Crippen LogP contribution is -2.50. The molecule has 0 aromatic rings. The Balaban J connectivity index is 1.47. The normalized spacial score (nSPS) is 43.8. The van der Waals surface area contributed by atoms with Crippen LogP contribution in [0.4, 0.5) is 0 Å². The van der Waals surface area contributed by atoms with Crippen molar-refractivity contribution in [3.05, 3.63) is 23.3 Å². The van der Waals surface area contributed by atoms with Crippen molar-refractivity contribution in [1.29, 1.82) is 0 Å². The highest BCUT2D eigenvalue weighted by atomic mass is 16.3. The standard InChI is InChI=1S/C30H50O/c1-7-8-22(20(2)3)10-9-21(4)26-13-14-27-25-12-11-23-19-24(31)15-17-29(23,5)28(25)16-18-30(26,27)6/h8,11,20-21,24-28,31H,7,9-10,12-19H2,1-6H3/b22-8-/t21-,24+,25+,26-,27+,28+,29+,30-/m1/s1. The van der Waals surface area contributed by atoms with Crippen molar-refractivity contribution < 1.29 is 5.11 Å². The van der Waals surface area contributed by atoms with E-state index in [0.717, 1.165) is 42.4 Å². The fraction of sp³-hybridized carbons (Fsp3) is 0.867. The number of hydrogen-bond acceptors (Lipinski definition) is 1. The molecular formula is C30H50O. The van der Waals surface area contributed by atoms with Crippen molar-refractivity contribution >= 4 is 0 Å². The van der Waals surface area contributed by atoms with Crippen LogP contribution in [0.5, 0.6) is 0 Å². The predicted octanol–water partition coefficient (Wildman–Crippen LogP) is 8.34. The first-order valence-corrected chi connectivity index (χ1v) is 13.8. The second-order valence-electron chi connectivity index (χ2n) is 12.7. The largest absolute Gasteiger partial charge is 0.393 e. The summed E-state index contributed by atoms with van der Waals surface area (Å²) in [6.07, 6.45) is 19.2. The molecule has 4 aliphatic carbocycles. The van der Waals surface area contributed by atoms with E-state index in [-0.39, 0.29) is 6.10 Å². The van der Waals surface area contributed by atoms with E-state index >= 15 is 0 Å². The molecule has 0 heterocycles. The fourth-order valence-electron chi connectivity index (χ4n) is 9.10. The van der Waals surface area contributed by atoms with E-state index in [1.54, 1.807) is 11.1 Å². The van der Waals surface area contributed by atoms with Gasteiger partial charge in [-0.2, -0.15) is 0 Å². The third kappa shape index (κ3) is 4.11. The van der Waals surface area contributed by atoms with E-state index in [1.807, 2.05) is 0 Å². The summed E-state index contributed by atoms with van der Waals surface area (Å²) < 4.78 is 0. The Hall–Kier alpha value is -0.560. The molecule has 0 spiro atoms. The summed E-state index contributed by atoms with van der Waals surface area (Å²) >= 11 is 0. The van der Waals surface area contributed by atoms with Gasteiger partial charge >= 0.3 is 0 Å². The highest BCUT2D eigenvalue weighted by Crippen LogP contribution is 2.67. The SMILES string of the molecule is CC/C=C(/CC[C@@H](C)[C@H]1CC[C@H]2[C@@H]3CC=C4C[C@@H](O)CC[C@]4(C)[C@H]3CC[C@]12C)C(C)C. The second-order valence-corrected chi connectivity index (χ2v) is 12.7. The summed E-state index contributed by atoms with van der Waals surface area (Å²) in [6.45, 7) is 14.9. The zero-order valence-electron chi connectivity index (χ0n) is 21.4. The lowest BCUT2D eigenvalue weighted by atomic mass is 9.47. The van der Waals surface area contributed by atoms with Gasteiger partial charge in [0.1, 0.15) is 0 Å². The molecule has 0 amide bonds. The molecule has 31 heavy (non-hydrogen) atoms. The molecule has 0 bridgehead atoms. The van der Waals surface area contributed by atoms with Crippen LogP contribution in [0.25, 0.3) is 0 Å². The maximum Gasteiger partial charge on any atom is 0.0577 e. The van der Waals surface area contributed by atoms with Crippen LogP contribution in [0.1, 0.15) is 112 Å². The van der Waals surface area contributed by atoms with Crippen molar-refractivity contribution in [2.45, 2.75) is 118 Å². The van der Waals surface area contributed by atoms with Crippen molar-refractivity contribution in [1.82, 2.24) is 0 Å². The van der Waals surface area contributed by atoms with Gasteiger partial charge in [-0.3, -0.25) is 0 Å². The highest BCUT2D eigenvalue weighted by molar-refractivity contribution is 5.25. The topological polar surface area (TPSA) is 20.2 Å². The van der Waals surface area contributed by atoms with Crippen LogP contribution in [0.3, 0.4) is 0 Å². The molecule has 0 aliphatic heterocycles. The van der Waals surface area contributed by atoms with Gasteiger partial charge in [0.2, 0.25) is 0 Å². The van der Waals surface area contributed by atoms with E-state index in [1.165, 1.54) is 57.8 Å². The fourth-order valence-corrected chi connectivity index (χ4v) is 9.10. The molecule has 0 radical (unpaired) electrons. The number of rotatable bonds is 6. The number of hydrogen-bond donors (Lipinski definition) is 1. The smallest absolute Gasteiger partial charge is 0.0577 e. The van der Waals surface area contributed by atoms with Gasteiger partial charge in [0.05, 0.1) is 6.10 Å². The lowest BCUT2D eigenvalue weighted by Gasteiger charge is -2.58. The average Bonchev–Trinajstić information content (AvgIpc) is 3.08. The maximum atomic E-state index is 10.3. The average molecular weight is 427 g/mol. The molecule has 176 valence electrons. The summed E-state index contributed by atoms with van der Waals surface area (Å²) in [6, 6.07) is 0. The van der Waals surface area contributed by atoms with Gasteiger partial charge in [-0.15, -0.1) is 0 Å². The van der Waals surface area contributed by atoms with Gasteiger partial charge in [0, 0.05) is 0 Å². The quantitative estimate of drug-likeness (QED) is 0.423. The zero-order chi connectivity index (χ0) is 22.4. The van der Waals surface area contributed by atoms with E-state index < -0.39 is 0 Å². The Bertz CT molecular complexity index is 701. The van der Waals surface area contributed by atoms with Crippen molar-refractivity contribution in [3.8, 4) is 0 Å². The van der Waals surface area contributed by atoms with Crippen molar-refractivity contribution in [3.63, 3.8) is 0 Å². The van der Waals surface area contributed by atoms with Gasteiger partial charge in [0.15, 0.2) is 0 Å². The van der Waals surface area contributed by atoms with Gasteiger partial charge in [0.25, 0.3) is 0 Å². The van der Waals surface area contributed by atoms with Gasteiger partial charge < -0.3 is 5.11 Å². The van der Waals surface area contributed by atoms with Gasteiger partial charge in [-0.1, -0.05) is 64.8 Å². The highest BCUT2D eigenvalue weighted by Gasteiger charge is 2.59. The molecule has 0 aromatic heterocycles. The summed E-state index contributed by atoms with van der Waals surface area (Å²) in [5, 5.41) is 10.3. The van der Waals surface area contributed by atoms with Crippen LogP contribution in [-0.2, 0) is 0 Å². The zero-order valence-corrected chi connectivity index (χ0v) is 21.4. The Morgan fingerprint density at radius 2 is 1.87 bits per heavy atom. The molecule has 1 heteroatoms. The molecule has 4 rings (SSSR count). The van der Waals surface area contributed by atoms with E-state index in [4.69, 9.17) is 0 Å². The van der Waals surface area contributed by atoms with Crippen LogP contribution in [0.2, 0.25) is 0 Å². The second kappa shape index (κ2) is 9.00. The Morgan fingerprint density at radius 3 is 2.58 bits per heavy atom. The minimum absolute atomic E-state index is 0.0843. The summed E-state index contributed by atoms with van der Waals surface area (Å²) in [7, 11) is 0. The van der Waals surface area contributed by atoms with Crippen molar-refractivity contribution in [2.75, 3.05) is 0 Å². The monoisotopic (exact) mass is 426 g/mol. The molecule has 3 fully saturated rings. The van der Waals surface area contributed by atoms with E-state index in [2.05, 4.69) is 53.7 Å². The lowest BCUT2D eigenvalue weighted by molar-refractivity contribution is -0.0571. The van der Waals surface area contributed by atoms with E-state index in [0.29, 0.717) is 16.7 Å². The summed E-state index contributed by atoms with van der Waals surface area (Å²) in [5.41, 5.74) is 4.24. The van der Waals surface area contributed by atoms with Gasteiger partial charge in [-0.05, 0) is 117 Å². The summed E-state index contributed by atoms with van der Waals surface area (Å²) in [4.78, 5) is 0. The summed E-state index contributed by atoms with van der Waals surface area (Å²) in [5.74, 6) is 5.15. The molecule has 1 nitrogen and oxygen atoms in total. The molecule has 8 atom stereocenters. The minimum Gasteiger partial charge on any atom is -0.393 e. The predicted molar refractivity (Wildman–Crippen MR) is 133 cm³/mol. The van der Waals surface area contributed by atoms with Crippen LogP contribution in [0.15, 0.2) is 23.3 Å². The number of fused-ring (bicyclic) bond motifs is 5. The first kappa shape index (κ1) is 23.6. The first-order valence-electron chi connectivity index (χ1n) is 13.8. The van der Waals surface area contributed by atoms with Gasteiger partial charge in [-0.25, -0.2) is 0 Å². The minimum atomic E-state index is -0.0843. The maximum absolute atomic E-state index is 10.3. The number of aliphatic hydroxyl groups is 1.